The maximum Gasteiger partial charge on any atom is 0.418 e. The zero-order valence-corrected chi connectivity index (χ0v) is 50.5. The highest BCUT2D eigenvalue weighted by Gasteiger charge is 2.44. The highest BCUT2D eigenvalue weighted by Crippen LogP contribution is 2.38. The van der Waals surface area contributed by atoms with Gasteiger partial charge in [-0.25, -0.2) is 60.9 Å². The van der Waals surface area contributed by atoms with Gasteiger partial charge in [0, 0.05) is 55.2 Å². The number of rotatable bonds is 16. The summed E-state index contributed by atoms with van der Waals surface area (Å²) in [6.07, 6.45) is 2.54. The van der Waals surface area contributed by atoms with E-state index >= 15 is 0 Å². The monoisotopic (exact) mass is 1240 g/mol. The van der Waals surface area contributed by atoms with Crippen molar-refractivity contribution in [1.82, 2.24) is 36.0 Å². The lowest BCUT2D eigenvalue weighted by Gasteiger charge is -2.36. The maximum atomic E-state index is 14.2. The largest absolute Gasteiger partial charge is 0.466 e. The third-order valence-corrected chi connectivity index (χ3v) is 15.0. The summed E-state index contributed by atoms with van der Waals surface area (Å²) < 4.78 is 75.9. The summed E-state index contributed by atoms with van der Waals surface area (Å²) >= 11 is 0. The highest BCUT2D eigenvalue weighted by molar-refractivity contribution is 6.02. The molecule has 0 bridgehead atoms. The van der Waals surface area contributed by atoms with E-state index < -0.39 is 77.1 Å². The molecule has 0 aromatic heterocycles. The lowest BCUT2D eigenvalue weighted by molar-refractivity contribution is -0.137. The lowest BCUT2D eigenvalue weighted by atomic mass is 9.89. The maximum absolute atomic E-state index is 14.2. The van der Waals surface area contributed by atoms with Crippen molar-refractivity contribution in [2.45, 2.75) is 116 Å². The molecule has 476 valence electrons. The number of benzene rings is 4. The van der Waals surface area contributed by atoms with Gasteiger partial charge in [-0.15, -0.1) is 0 Å². The van der Waals surface area contributed by atoms with E-state index in [1.807, 2.05) is 57.2 Å². The molecule has 2 fully saturated rings. The molecule has 0 aliphatic carbocycles. The van der Waals surface area contributed by atoms with Crippen LogP contribution in [-0.2, 0) is 38.1 Å². The molecule has 8 rings (SSSR count). The van der Waals surface area contributed by atoms with E-state index in [4.69, 9.17) is 18.9 Å². The van der Waals surface area contributed by atoms with E-state index in [2.05, 4.69) is 38.0 Å². The molecule has 4 aromatic rings. The predicted octanol–water partition coefficient (Wildman–Crippen LogP) is 10.2. The number of esters is 2. The number of hydrogen-bond acceptors (Lipinski definition) is 14. The molecule has 2 saturated heterocycles. The van der Waals surface area contributed by atoms with Gasteiger partial charge in [-0.1, -0.05) is 36.4 Å². The molecule has 4 aliphatic heterocycles. The van der Waals surface area contributed by atoms with Crippen LogP contribution in [0.5, 0.6) is 0 Å². The van der Waals surface area contributed by atoms with Gasteiger partial charge in [-0.2, -0.15) is 0 Å². The first-order valence-electron chi connectivity index (χ1n) is 29.0. The van der Waals surface area contributed by atoms with Gasteiger partial charge in [-0.3, -0.25) is 9.59 Å². The van der Waals surface area contributed by atoms with Crippen LogP contribution < -0.4 is 31.9 Å². The second kappa shape index (κ2) is 30.5. The summed E-state index contributed by atoms with van der Waals surface area (Å²) in [5, 5.41) is 16.5. The average Bonchev–Trinajstić information content (AvgIpc) is 1.00. The summed E-state index contributed by atoms with van der Waals surface area (Å²) in [5.74, 6) is -6.38. The fourth-order valence-electron chi connectivity index (χ4n) is 10.7. The fourth-order valence-corrected chi connectivity index (χ4v) is 10.7. The molecular formula is C63H73F4N9O13. The molecule has 4 heterocycles. The first-order valence-corrected chi connectivity index (χ1v) is 29.0. The van der Waals surface area contributed by atoms with Crippen molar-refractivity contribution < 1.29 is 79.7 Å². The van der Waals surface area contributed by atoms with E-state index in [1.165, 1.54) is 25.5 Å². The molecule has 0 radical (unpaired) electrons. The Morgan fingerprint density at radius 3 is 1.54 bits per heavy atom. The second-order valence-electron chi connectivity index (χ2n) is 22.5. The summed E-state index contributed by atoms with van der Waals surface area (Å²) in [6.45, 7) is 11.2. The lowest BCUT2D eigenvalue weighted by Crippen LogP contribution is -2.54. The van der Waals surface area contributed by atoms with Crippen molar-refractivity contribution >= 4 is 65.4 Å². The molecule has 22 nitrogen and oxygen atoms in total. The van der Waals surface area contributed by atoms with E-state index in [9.17, 15) is 60.7 Å². The molecule has 6 N–H and O–H groups in total. The van der Waals surface area contributed by atoms with Gasteiger partial charge in [0.15, 0.2) is 23.3 Å². The molecule has 2 unspecified atom stereocenters. The van der Waals surface area contributed by atoms with Gasteiger partial charge in [-0.05, 0) is 169 Å². The number of piperidine rings is 2. The number of carbonyl (C=O) groups is 9. The summed E-state index contributed by atoms with van der Waals surface area (Å²) in [5.41, 5.74) is 2.80. The number of methoxy groups -OCH3 is 2. The number of amides is 10. The molecule has 2 atom stereocenters. The third kappa shape index (κ3) is 17.7. The minimum absolute atomic E-state index is 0.000233. The Bertz CT molecular complexity index is 3400. The molecule has 26 heteroatoms. The predicted molar refractivity (Wildman–Crippen MR) is 316 cm³/mol. The van der Waals surface area contributed by atoms with Crippen LogP contribution >= 0.6 is 0 Å². The number of allylic oxidation sites excluding steroid dienone is 2. The van der Waals surface area contributed by atoms with Crippen LogP contribution in [0.25, 0.3) is 0 Å². The molecule has 0 saturated carbocycles. The van der Waals surface area contributed by atoms with Crippen LogP contribution in [0.1, 0.15) is 132 Å². The van der Waals surface area contributed by atoms with E-state index in [0.717, 1.165) is 88.9 Å². The number of imide groups is 2. The van der Waals surface area contributed by atoms with Crippen molar-refractivity contribution in [2.75, 3.05) is 64.2 Å². The highest BCUT2D eigenvalue weighted by atomic mass is 19.2. The van der Waals surface area contributed by atoms with Gasteiger partial charge < -0.3 is 55.7 Å². The number of ether oxygens (including phenoxy) is 4. The molecule has 10 amide bonds. The zero-order valence-electron chi connectivity index (χ0n) is 50.5. The van der Waals surface area contributed by atoms with Gasteiger partial charge in [0.05, 0.1) is 32.0 Å². The van der Waals surface area contributed by atoms with Crippen LogP contribution in [0, 0.1) is 23.3 Å². The van der Waals surface area contributed by atoms with Crippen LogP contribution in [0.15, 0.2) is 107 Å². The first kappa shape index (κ1) is 67.2. The van der Waals surface area contributed by atoms with Crippen molar-refractivity contribution in [2.24, 2.45) is 0 Å². The Balaban J connectivity index is 0.000000257. The van der Waals surface area contributed by atoms with Gasteiger partial charge in [0.1, 0.15) is 17.7 Å². The number of urea groups is 3. The smallest absolute Gasteiger partial charge is 0.418 e. The number of hydrogen-bond donors (Lipinski definition) is 6. The average molecular weight is 1240 g/mol. The summed E-state index contributed by atoms with van der Waals surface area (Å²) in [4.78, 5) is 118. The van der Waals surface area contributed by atoms with Gasteiger partial charge in [0.2, 0.25) is 11.8 Å². The van der Waals surface area contributed by atoms with Crippen molar-refractivity contribution in [3.63, 3.8) is 0 Å². The molecule has 4 aliphatic rings. The number of likely N-dealkylation sites (tertiary alicyclic amines) is 1. The topological polar surface area (TPSA) is 272 Å². The van der Waals surface area contributed by atoms with E-state index in [1.54, 1.807) is 11.0 Å². The third-order valence-electron chi connectivity index (χ3n) is 15.0. The van der Waals surface area contributed by atoms with Crippen molar-refractivity contribution in [3.8, 4) is 0 Å². The minimum Gasteiger partial charge on any atom is -0.466 e. The Kier molecular flexibility index (Phi) is 23.0. The number of nitrogens with one attached hydrogen (secondary N) is 6. The van der Waals surface area contributed by atoms with Crippen LogP contribution in [0.2, 0.25) is 0 Å². The molecule has 0 spiro atoms. The van der Waals surface area contributed by atoms with E-state index in [0.29, 0.717) is 40.2 Å². The first-order chi connectivity index (χ1) is 42.4. The number of anilines is 2. The Hall–Kier alpha value is -9.33. The van der Waals surface area contributed by atoms with Crippen LogP contribution in [0.4, 0.5) is 52.9 Å². The SMILES string of the molecule is COC(=O)C1=C(C)NC(=O)N(C(=O)NCCCC(=O)Nc2cccc(C3CCNCC3)c2)C1c1ccc(F)c(F)c1.COC(=O)C1=C(C)NC(=O)N(C(=O)OCCCC(=O)Nc2cccc(C3CCN(C(=O)OC(C)(C)C)CC3)c2)C1c1ccc(F)c(F)c1. The minimum atomic E-state index is -1.46. The standard InChI is InChI=1S/C34H40F2N4O8.C29H33F2N5O5/c1-20-28(30(42)46-5)29(23-11-12-25(35)26(36)19-23)40(31(43)37-20)33(45)47-17-7-10-27(41)38-24-9-6-8-22(18-24)21-13-15-39(16-14-21)32(44)48-34(2,3)4;1-17-25(27(38)41-2)26(20-8-9-22(30)23(31)16-20)36(29(40)34-17)28(39)33-12-4-7-24(37)35-21-6-3-5-19(15-21)18-10-13-32-14-11-18/h6,8-9,11-12,18-19,21,29H,7,10,13-17H2,1-5H3,(H,37,43)(H,38,41);3,5-6,8-9,15-16,18,26,32H,4,7,10-14H2,1-2H3,(H,33,39)(H,34,40)(H,35,37). The van der Waals surface area contributed by atoms with Crippen molar-refractivity contribution in [1.29, 1.82) is 0 Å². The molecular weight excluding hydrogens is 1170 g/mol. The second-order valence-corrected chi connectivity index (χ2v) is 22.5. The van der Waals surface area contributed by atoms with Crippen molar-refractivity contribution in [3.05, 3.63) is 153 Å². The normalized spacial score (nSPS) is 17.3. The van der Waals surface area contributed by atoms with Crippen LogP contribution in [-0.4, -0.2) is 128 Å². The summed E-state index contributed by atoms with van der Waals surface area (Å²) in [7, 11) is 2.23. The number of carbonyl (C=O) groups excluding carboxylic acids is 9. The van der Waals surface area contributed by atoms with E-state index in [-0.39, 0.29) is 96.3 Å². The fraction of sp³-hybridized carbons (Fsp3) is 0.413. The Labute approximate surface area is 512 Å². The Morgan fingerprint density at radius 2 is 1.06 bits per heavy atom. The van der Waals surface area contributed by atoms with Crippen LogP contribution in [0.3, 0.4) is 0 Å². The Morgan fingerprint density at radius 1 is 0.584 bits per heavy atom. The van der Waals surface area contributed by atoms with Gasteiger partial charge >= 0.3 is 42.2 Å². The molecule has 89 heavy (non-hydrogen) atoms. The number of nitrogens with zero attached hydrogens (tertiary/aromatic N) is 3. The molecule has 4 aromatic carbocycles. The zero-order chi connectivity index (χ0) is 64.7. The summed E-state index contributed by atoms with van der Waals surface area (Å²) in [6, 6.07) is 15.3. The van der Waals surface area contributed by atoms with Gasteiger partial charge in [0.25, 0.3) is 0 Å². The quantitative estimate of drug-likeness (QED) is 0.0264. The number of halogens is 4.